The van der Waals surface area contributed by atoms with Crippen molar-refractivity contribution in [1.29, 1.82) is 0 Å². The second-order valence-corrected chi connectivity index (χ2v) is 7.79. The molecule has 0 amide bonds. The molecule has 2 atom stereocenters. The maximum absolute atomic E-state index is 5.82. The van der Waals surface area contributed by atoms with E-state index >= 15 is 0 Å². The van der Waals surface area contributed by atoms with Crippen molar-refractivity contribution in [3.63, 3.8) is 0 Å². The number of likely N-dealkylation sites (N-methyl/N-ethyl adjacent to an activating group) is 1. The SMILES string of the molecule is COc1c2c(cc3c1[C@H](c1nnnn1-c1cc(C)cc(C)c1)[NH+](C)CC3)OCO2. The highest BCUT2D eigenvalue weighted by Gasteiger charge is 2.40. The van der Waals surface area contributed by atoms with Crippen molar-refractivity contribution in [2.75, 3.05) is 27.5 Å². The first-order chi connectivity index (χ1) is 14.1. The molecule has 0 radical (unpaired) electrons. The van der Waals surface area contributed by atoms with Gasteiger partial charge in [-0.25, -0.2) is 0 Å². The number of quaternary nitrogens is 1. The molecule has 8 nitrogen and oxygen atoms in total. The zero-order valence-corrected chi connectivity index (χ0v) is 17.0. The Morgan fingerprint density at radius 2 is 1.93 bits per heavy atom. The van der Waals surface area contributed by atoms with E-state index in [9.17, 15) is 0 Å². The summed E-state index contributed by atoms with van der Waals surface area (Å²) >= 11 is 0. The van der Waals surface area contributed by atoms with Gasteiger partial charge >= 0.3 is 0 Å². The van der Waals surface area contributed by atoms with Crippen molar-refractivity contribution in [3.8, 4) is 22.9 Å². The predicted molar refractivity (Wildman–Crippen MR) is 105 cm³/mol. The fourth-order valence-electron chi connectivity index (χ4n) is 4.51. The van der Waals surface area contributed by atoms with Crippen molar-refractivity contribution in [2.24, 2.45) is 0 Å². The Morgan fingerprint density at radius 3 is 2.69 bits per heavy atom. The normalized spacial score (nSPS) is 19.9. The maximum atomic E-state index is 5.82. The van der Waals surface area contributed by atoms with Crippen LogP contribution in [0.1, 0.15) is 34.1 Å². The number of hydrogen-bond donors (Lipinski definition) is 1. The van der Waals surface area contributed by atoms with Gasteiger partial charge < -0.3 is 19.1 Å². The summed E-state index contributed by atoms with van der Waals surface area (Å²) in [6.07, 6.45) is 0.926. The molecule has 150 valence electrons. The molecule has 1 N–H and O–H groups in total. The molecular weight excluding hydrogens is 370 g/mol. The highest BCUT2D eigenvalue weighted by molar-refractivity contribution is 5.62. The zero-order chi connectivity index (χ0) is 20.1. The molecular formula is C21H24N5O3+. The Hall–Kier alpha value is -3.13. The summed E-state index contributed by atoms with van der Waals surface area (Å²) in [5, 5.41) is 12.8. The number of aryl methyl sites for hydroxylation is 2. The largest absolute Gasteiger partial charge is 0.492 e. The van der Waals surface area contributed by atoms with Crippen molar-refractivity contribution in [2.45, 2.75) is 26.3 Å². The Labute approximate surface area is 169 Å². The van der Waals surface area contributed by atoms with Gasteiger partial charge in [0.1, 0.15) is 0 Å². The van der Waals surface area contributed by atoms with Crippen LogP contribution in [0.15, 0.2) is 24.3 Å². The predicted octanol–water partition coefficient (Wildman–Crippen LogP) is 1.18. The van der Waals surface area contributed by atoms with Crippen molar-refractivity contribution in [1.82, 2.24) is 20.2 Å². The first-order valence-electron chi connectivity index (χ1n) is 9.75. The average Bonchev–Trinajstić information content (AvgIpc) is 3.34. The Kier molecular flexibility index (Phi) is 4.16. The molecule has 2 aromatic carbocycles. The molecule has 0 saturated heterocycles. The van der Waals surface area contributed by atoms with E-state index in [1.165, 1.54) is 21.6 Å². The lowest BCUT2D eigenvalue weighted by Gasteiger charge is -2.32. The van der Waals surface area contributed by atoms with Crippen LogP contribution in [0.4, 0.5) is 0 Å². The van der Waals surface area contributed by atoms with Gasteiger partial charge in [0.15, 0.2) is 17.5 Å². The average molecular weight is 394 g/mol. The summed E-state index contributed by atoms with van der Waals surface area (Å²) in [6.45, 7) is 5.33. The van der Waals surface area contributed by atoms with E-state index in [0.717, 1.165) is 35.8 Å². The van der Waals surface area contributed by atoms with E-state index in [1.807, 2.05) is 4.68 Å². The second-order valence-electron chi connectivity index (χ2n) is 7.79. The van der Waals surface area contributed by atoms with Crippen molar-refractivity contribution < 1.29 is 19.1 Å². The summed E-state index contributed by atoms with van der Waals surface area (Å²) < 4.78 is 19.0. The number of ether oxygens (including phenoxy) is 3. The number of nitrogens with one attached hydrogen (secondary N) is 1. The van der Waals surface area contributed by atoms with E-state index < -0.39 is 0 Å². The maximum Gasteiger partial charge on any atom is 0.231 e. The van der Waals surface area contributed by atoms with Gasteiger partial charge in [-0.05, 0) is 59.2 Å². The number of rotatable bonds is 3. The van der Waals surface area contributed by atoms with E-state index in [1.54, 1.807) is 7.11 Å². The lowest BCUT2D eigenvalue weighted by atomic mass is 9.90. The van der Waals surface area contributed by atoms with Gasteiger partial charge in [0, 0.05) is 6.42 Å². The number of hydrogen-bond acceptors (Lipinski definition) is 6. The van der Waals surface area contributed by atoms with Gasteiger partial charge in [-0.2, -0.15) is 4.68 Å². The highest BCUT2D eigenvalue weighted by atomic mass is 16.7. The van der Waals surface area contributed by atoms with Crippen LogP contribution in [-0.4, -0.2) is 47.7 Å². The fourth-order valence-corrected chi connectivity index (χ4v) is 4.51. The minimum absolute atomic E-state index is 0.0842. The molecule has 5 rings (SSSR count). The smallest absolute Gasteiger partial charge is 0.231 e. The van der Waals surface area contributed by atoms with Gasteiger partial charge in [-0.1, -0.05) is 6.07 Å². The minimum atomic E-state index is -0.0842. The molecule has 3 aromatic rings. The summed E-state index contributed by atoms with van der Waals surface area (Å²) in [7, 11) is 3.84. The van der Waals surface area contributed by atoms with Crippen LogP contribution >= 0.6 is 0 Å². The highest BCUT2D eigenvalue weighted by Crippen LogP contribution is 2.48. The molecule has 0 saturated carbocycles. The zero-order valence-electron chi connectivity index (χ0n) is 17.0. The molecule has 1 aromatic heterocycles. The number of methoxy groups -OCH3 is 1. The van der Waals surface area contributed by atoms with Crippen LogP contribution in [0.3, 0.4) is 0 Å². The topological polar surface area (TPSA) is 75.7 Å². The molecule has 2 aliphatic heterocycles. The number of benzene rings is 2. The molecule has 0 fully saturated rings. The van der Waals surface area contributed by atoms with Crippen LogP contribution in [0.2, 0.25) is 0 Å². The van der Waals surface area contributed by atoms with Gasteiger partial charge in [0.05, 0.1) is 32.0 Å². The van der Waals surface area contributed by atoms with E-state index in [0.29, 0.717) is 11.5 Å². The summed E-state index contributed by atoms with van der Waals surface area (Å²) in [5.41, 5.74) is 5.57. The second kappa shape index (κ2) is 6.73. The molecule has 29 heavy (non-hydrogen) atoms. The quantitative estimate of drug-likeness (QED) is 0.719. The molecule has 1 unspecified atom stereocenters. The third kappa shape index (κ3) is 2.82. The third-order valence-electron chi connectivity index (χ3n) is 5.72. The molecule has 2 aliphatic rings. The molecule has 8 heteroatoms. The fraction of sp³-hybridized carbons (Fsp3) is 0.381. The summed E-state index contributed by atoms with van der Waals surface area (Å²) in [6, 6.07) is 8.33. The standard InChI is InChI=1S/C21H23N5O3/c1-12-7-13(2)9-15(8-12)26-21(22-23-24-26)18-17-14(5-6-25(18)3)10-16-19(20(17)27-4)29-11-28-16/h7-10,18H,5-6,11H2,1-4H3/p+1/t18-/m1/s1. The monoisotopic (exact) mass is 394 g/mol. The molecule has 0 aliphatic carbocycles. The Balaban J connectivity index is 1.71. The molecule has 0 spiro atoms. The number of aromatic nitrogens is 4. The number of tetrazole rings is 1. The Bertz CT molecular complexity index is 1070. The van der Waals surface area contributed by atoms with Gasteiger partial charge in [-0.3, -0.25) is 0 Å². The van der Waals surface area contributed by atoms with Crippen LogP contribution in [0.25, 0.3) is 5.69 Å². The van der Waals surface area contributed by atoms with Gasteiger partial charge in [-0.15, -0.1) is 5.10 Å². The lowest BCUT2D eigenvalue weighted by molar-refractivity contribution is -0.909. The molecule has 3 heterocycles. The lowest BCUT2D eigenvalue weighted by Crippen LogP contribution is -3.10. The van der Waals surface area contributed by atoms with Gasteiger partial charge in [0.2, 0.25) is 18.4 Å². The van der Waals surface area contributed by atoms with Gasteiger partial charge in [0.25, 0.3) is 0 Å². The first kappa shape index (κ1) is 17.9. The van der Waals surface area contributed by atoms with E-state index in [2.05, 4.69) is 60.7 Å². The van der Waals surface area contributed by atoms with Crippen LogP contribution in [-0.2, 0) is 6.42 Å². The summed E-state index contributed by atoms with van der Waals surface area (Å²) in [5.74, 6) is 2.91. The molecule has 0 bridgehead atoms. The van der Waals surface area contributed by atoms with Crippen LogP contribution in [0.5, 0.6) is 17.2 Å². The van der Waals surface area contributed by atoms with E-state index in [-0.39, 0.29) is 12.8 Å². The minimum Gasteiger partial charge on any atom is -0.492 e. The van der Waals surface area contributed by atoms with Crippen LogP contribution in [0, 0.1) is 13.8 Å². The Morgan fingerprint density at radius 1 is 1.14 bits per heavy atom. The summed E-state index contributed by atoms with van der Waals surface area (Å²) in [4.78, 5) is 1.30. The third-order valence-corrected chi connectivity index (χ3v) is 5.72. The van der Waals surface area contributed by atoms with Crippen LogP contribution < -0.4 is 19.1 Å². The van der Waals surface area contributed by atoms with E-state index in [4.69, 9.17) is 14.2 Å². The number of nitrogens with zero attached hydrogens (tertiary/aromatic N) is 4. The number of fused-ring (bicyclic) bond motifs is 2. The van der Waals surface area contributed by atoms with Crippen molar-refractivity contribution in [3.05, 3.63) is 52.3 Å². The first-order valence-corrected chi connectivity index (χ1v) is 9.75. The van der Waals surface area contributed by atoms with Crippen molar-refractivity contribution >= 4 is 0 Å².